The second kappa shape index (κ2) is 9.66. The Kier molecular flexibility index (Phi) is 7.28. The van der Waals surface area contributed by atoms with Gasteiger partial charge in [0.2, 0.25) is 17.7 Å². The Morgan fingerprint density at radius 1 is 1.04 bits per heavy atom. The lowest BCUT2D eigenvalue weighted by atomic mass is 10.1. The first-order chi connectivity index (χ1) is 13.5. The van der Waals surface area contributed by atoms with Crippen molar-refractivity contribution in [2.45, 2.75) is 13.8 Å². The molecule has 0 bridgehead atoms. The molecule has 1 aromatic heterocycles. The smallest absolute Gasteiger partial charge is 0.335 e. The van der Waals surface area contributed by atoms with Gasteiger partial charge in [-0.25, -0.2) is 4.79 Å². The molecule has 1 amide bonds. The van der Waals surface area contributed by atoms with Gasteiger partial charge in [0.25, 0.3) is 0 Å². The van der Waals surface area contributed by atoms with Gasteiger partial charge in [-0.3, -0.25) is 4.79 Å². The van der Waals surface area contributed by atoms with Gasteiger partial charge in [-0.1, -0.05) is 19.9 Å². The number of aromatic nitrogens is 2. The summed E-state index contributed by atoms with van der Waals surface area (Å²) in [6.07, 6.45) is 0. The van der Waals surface area contributed by atoms with Crippen LogP contribution in [-0.4, -0.2) is 40.1 Å². The fourth-order valence-electron chi connectivity index (χ4n) is 2.30. The fourth-order valence-corrected chi connectivity index (χ4v) is 2.48. The van der Waals surface area contributed by atoms with Gasteiger partial charge >= 0.3 is 5.97 Å². The molecule has 0 aliphatic carbocycles. The maximum atomic E-state index is 11.6. The molecule has 3 rings (SSSR count). The van der Waals surface area contributed by atoms with Crippen molar-refractivity contribution in [3.05, 3.63) is 54.1 Å². The molecule has 0 aliphatic rings. The third kappa shape index (κ3) is 4.75. The standard InChI is InChI=1S/C18H14ClN3O4.C2H6/c1-22(15(23)10-19)14-7-5-11(6-8-14)16-20-21-17(26-16)12-3-2-4-13(9-12)18(24)25;1-2/h2-9H,10H2,1H3,(H,24,25);1-2H3. The molecule has 0 saturated heterocycles. The zero-order chi connectivity index (χ0) is 20.7. The van der Waals surface area contributed by atoms with E-state index in [9.17, 15) is 9.59 Å². The van der Waals surface area contributed by atoms with E-state index in [-0.39, 0.29) is 23.2 Å². The Balaban J connectivity index is 0.00000136. The number of aromatic carboxylic acids is 1. The number of benzene rings is 2. The Morgan fingerprint density at radius 3 is 2.21 bits per heavy atom. The number of carboxylic acid groups (broad SMARTS) is 1. The van der Waals surface area contributed by atoms with E-state index in [1.165, 1.54) is 17.0 Å². The van der Waals surface area contributed by atoms with Gasteiger partial charge in [-0.15, -0.1) is 21.8 Å². The first kappa shape index (κ1) is 21.1. The lowest BCUT2D eigenvalue weighted by molar-refractivity contribution is -0.116. The van der Waals surface area contributed by atoms with E-state index in [1.807, 2.05) is 13.8 Å². The Hall–Kier alpha value is -3.19. The number of carbonyl (C=O) groups excluding carboxylic acids is 1. The predicted molar refractivity (Wildman–Crippen MR) is 108 cm³/mol. The molecule has 0 aliphatic heterocycles. The van der Waals surface area contributed by atoms with E-state index in [0.717, 1.165) is 0 Å². The van der Waals surface area contributed by atoms with Gasteiger partial charge in [-0.05, 0) is 42.5 Å². The van der Waals surface area contributed by atoms with Crippen LogP contribution in [0.5, 0.6) is 0 Å². The average molecular weight is 402 g/mol. The van der Waals surface area contributed by atoms with E-state index in [0.29, 0.717) is 22.7 Å². The molecule has 0 saturated carbocycles. The highest BCUT2D eigenvalue weighted by Gasteiger charge is 2.14. The molecule has 0 spiro atoms. The van der Waals surface area contributed by atoms with Crippen molar-refractivity contribution >= 4 is 29.2 Å². The third-order valence-corrected chi connectivity index (χ3v) is 4.00. The van der Waals surface area contributed by atoms with Crippen LogP contribution in [0.3, 0.4) is 0 Å². The van der Waals surface area contributed by atoms with Gasteiger partial charge < -0.3 is 14.4 Å². The van der Waals surface area contributed by atoms with Crippen molar-refractivity contribution in [1.29, 1.82) is 0 Å². The van der Waals surface area contributed by atoms with Gasteiger partial charge in [0.05, 0.1) is 5.56 Å². The maximum Gasteiger partial charge on any atom is 0.335 e. The summed E-state index contributed by atoms with van der Waals surface area (Å²) in [5.41, 5.74) is 2.02. The lowest BCUT2D eigenvalue weighted by Gasteiger charge is -2.15. The topological polar surface area (TPSA) is 96.5 Å². The number of halogens is 1. The minimum Gasteiger partial charge on any atom is -0.478 e. The summed E-state index contributed by atoms with van der Waals surface area (Å²) in [6, 6.07) is 13.2. The first-order valence-electron chi connectivity index (χ1n) is 8.60. The predicted octanol–water partition coefficient (Wildman–Crippen LogP) is 4.33. The summed E-state index contributed by atoms with van der Waals surface area (Å²) in [5, 5.41) is 17.0. The number of alkyl halides is 1. The number of rotatable bonds is 5. The molecule has 0 atom stereocenters. The third-order valence-electron chi connectivity index (χ3n) is 3.77. The molecule has 3 aromatic rings. The number of carboxylic acids is 1. The van der Waals surface area contributed by atoms with Gasteiger partial charge in [0, 0.05) is 23.9 Å². The lowest BCUT2D eigenvalue weighted by Crippen LogP contribution is -2.26. The Morgan fingerprint density at radius 2 is 1.64 bits per heavy atom. The largest absolute Gasteiger partial charge is 0.478 e. The molecule has 1 N–H and O–H groups in total. The highest BCUT2D eigenvalue weighted by molar-refractivity contribution is 6.29. The van der Waals surface area contributed by atoms with Gasteiger partial charge in [-0.2, -0.15) is 0 Å². The van der Waals surface area contributed by atoms with Crippen LogP contribution in [0.1, 0.15) is 24.2 Å². The summed E-state index contributed by atoms with van der Waals surface area (Å²) in [4.78, 5) is 24.1. The van der Waals surface area contributed by atoms with E-state index in [4.69, 9.17) is 21.1 Å². The van der Waals surface area contributed by atoms with E-state index >= 15 is 0 Å². The molecular formula is C20H20ClN3O4. The minimum absolute atomic E-state index is 0.0966. The molecule has 8 heteroatoms. The normalized spacial score (nSPS) is 10.0. The van der Waals surface area contributed by atoms with Crippen LogP contribution in [0, 0.1) is 0 Å². The molecule has 0 radical (unpaired) electrons. The van der Waals surface area contributed by atoms with Crippen LogP contribution in [-0.2, 0) is 4.79 Å². The molecule has 7 nitrogen and oxygen atoms in total. The average Bonchev–Trinajstić information content (AvgIpc) is 3.24. The zero-order valence-electron chi connectivity index (χ0n) is 15.7. The van der Waals surface area contributed by atoms with Crippen LogP contribution in [0.25, 0.3) is 22.9 Å². The molecular weight excluding hydrogens is 382 g/mol. The second-order valence-electron chi connectivity index (χ2n) is 5.43. The zero-order valence-corrected chi connectivity index (χ0v) is 16.5. The molecule has 146 valence electrons. The van der Waals surface area contributed by atoms with E-state index in [2.05, 4.69) is 10.2 Å². The van der Waals surface area contributed by atoms with Crippen LogP contribution < -0.4 is 4.90 Å². The Bertz CT molecular complexity index is 954. The molecule has 2 aromatic carbocycles. The van der Waals surface area contributed by atoms with Crippen LogP contribution in [0.4, 0.5) is 5.69 Å². The first-order valence-corrected chi connectivity index (χ1v) is 9.13. The number of hydrogen-bond acceptors (Lipinski definition) is 5. The number of hydrogen-bond donors (Lipinski definition) is 1. The highest BCUT2D eigenvalue weighted by atomic mass is 35.5. The number of carbonyl (C=O) groups is 2. The van der Waals surface area contributed by atoms with Crippen LogP contribution in [0.2, 0.25) is 0 Å². The van der Waals surface area contributed by atoms with E-state index in [1.54, 1.807) is 43.4 Å². The number of nitrogens with zero attached hydrogens (tertiary/aromatic N) is 3. The van der Waals surface area contributed by atoms with Crippen molar-refractivity contribution in [3.8, 4) is 22.9 Å². The van der Waals surface area contributed by atoms with Crippen molar-refractivity contribution < 1.29 is 19.1 Å². The number of amides is 1. The summed E-state index contributed by atoms with van der Waals surface area (Å²) >= 11 is 5.55. The van der Waals surface area contributed by atoms with Crippen molar-refractivity contribution in [1.82, 2.24) is 10.2 Å². The van der Waals surface area contributed by atoms with Crippen LogP contribution >= 0.6 is 11.6 Å². The summed E-state index contributed by atoms with van der Waals surface area (Å²) in [7, 11) is 1.64. The van der Waals surface area contributed by atoms with E-state index < -0.39 is 5.97 Å². The monoisotopic (exact) mass is 401 g/mol. The quantitative estimate of drug-likeness (QED) is 0.639. The number of anilines is 1. The van der Waals surface area contributed by atoms with Crippen molar-refractivity contribution in [3.63, 3.8) is 0 Å². The summed E-state index contributed by atoms with van der Waals surface area (Å²) in [5.74, 6) is -0.823. The van der Waals surface area contributed by atoms with Gasteiger partial charge in [0.1, 0.15) is 5.88 Å². The molecule has 1 heterocycles. The van der Waals surface area contributed by atoms with Crippen molar-refractivity contribution in [2.24, 2.45) is 0 Å². The molecule has 0 unspecified atom stereocenters. The highest BCUT2D eigenvalue weighted by Crippen LogP contribution is 2.26. The minimum atomic E-state index is -1.03. The van der Waals surface area contributed by atoms with Gasteiger partial charge in [0.15, 0.2) is 0 Å². The molecule has 28 heavy (non-hydrogen) atoms. The summed E-state index contributed by atoms with van der Waals surface area (Å²) < 4.78 is 5.64. The molecule has 0 fully saturated rings. The van der Waals surface area contributed by atoms with Crippen LogP contribution in [0.15, 0.2) is 52.9 Å². The van der Waals surface area contributed by atoms with Crippen molar-refractivity contribution in [2.75, 3.05) is 17.8 Å². The Labute approximate surface area is 167 Å². The fraction of sp³-hybridized carbons (Fsp3) is 0.200. The SMILES string of the molecule is CC.CN(C(=O)CCl)c1ccc(-c2nnc(-c3cccc(C(=O)O)c3)o2)cc1. The summed E-state index contributed by atoms with van der Waals surface area (Å²) in [6.45, 7) is 4.00. The second-order valence-corrected chi connectivity index (χ2v) is 5.70. The maximum absolute atomic E-state index is 11.6.